The van der Waals surface area contributed by atoms with E-state index in [1.54, 1.807) is 6.92 Å². The van der Waals surface area contributed by atoms with Crippen molar-refractivity contribution in [2.75, 3.05) is 5.32 Å². The van der Waals surface area contributed by atoms with E-state index in [9.17, 15) is 14.7 Å². The molecule has 0 aliphatic heterocycles. The van der Waals surface area contributed by atoms with Crippen molar-refractivity contribution in [1.82, 2.24) is 9.36 Å². The summed E-state index contributed by atoms with van der Waals surface area (Å²) in [6.45, 7) is 1.74. The van der Waals surface area contributed by atoms with Gasteiger partial charge in [0.1, 0.15) is 5.82 Å². The van der Waals surface area contributed by atoms with Crippen molar-refractivity contribution in [1.29, 1.82) is 0 Å². The second kappa shape index (κ2) is 5.01. The predicted molar refractivity (Wildman–Crippen MR) is 66.4 cm³/mol. The van der Waals surface area contributed by atoms with Gasteiger partial charge in [0.05, 0.1) is 5.41 Å². The van der Waals surface area contributed by atoms with Gasteiger partial charge in [-0.1, -0.05) is 12.8 Å². The third-order valence-electron chi connectivity index (χ3n) is 3.29. The minimum Gasteiger partial charge on any atom is -0.481 e. The quantitative estimate of drug-likeness (QED) is 0.869. The molecule has 1 aromatic rings. The normalized spacial score (nSPS) is 17.6. The minimum atomic E-state index is -0.885. The van der Waals surface area contributed by atoms with E-state index in [-0.39, 0.29) is 12.3 Å². The first kappa shape index (κ1) is 12.9. The van der Waals surface area contributed by atoms with Crippen LogP contribution >= 0.6 is 11.5 Å². The third-order valence-corrected chi connectivity index (χ3v) is 4.01. The van der Waals surface area contributed by atoms with Gasteiger partial charge >= 0.3 is 5.97 Å². The maximum Gasteiger partial charge on any atom is 0.310 e. The monoisotopic (exact) mass is 269 g/mol. The number of aromatic nitrogens is 2. The predicted octanol–water partition coefficient (Wildman–Crippen LogP) is 1.82. The molecule has 1 aliphatic carbocycles. The van der Waals surface area contributed by atoms with Gasteiger partial charge in [0.2, 0.25) is 11.0 Å². The van der Waals surface area contributed by atoms with Crippen LogP contribution in [0, 0.1) is 12.3 Å². The van der Waals surface area contributed by atoms with E-state index in [1.165, 1.54) is 0 Å². The van der Waals surface area contributed by atoms with Crippen molar-refractivity contribution < 1.29 is 14.7 Å². The summed E-state index contributed by atoms with van der Waals surface area (Å²) in [4.78, 5) is 27.2. The van der Waals surface area contributed by atoms with Crippen molar-refractivity contribution in [2.45, 2.75) is 39.0 Å². The molecule has 2 N–H and O–H groups in total. The maximum atomic E-state index is 11.9. The Kier molecular flexibility index (Phi) is 3.60. The summed E-state index contributed by atoms with van der Waals surface area (Å²) in [5.41, 5.74) is -0.885. The molecule has 1 saturated carbocycles. The van der Waals surface area contributed by atoms with Crippen LogP contribution in [0.4, 0.5) is 5.13 Å². The van der Waals surface area contributed by atoms with E-state index < -0.39 is 11.4 Å². The Morgan fingerprint density at radius 1 is 1.44 bits per heavy atom. The fourth-order valence-electron chi connectivity index (χ4n) is 2.34. The maximum absolute atomic E-state index is 11.9. The molecule has 1 aromatic heterocycles. The Hall–Kier alpha value is -1.50. The van der Waals surface area contributed by atoms with E-state index in [4.69, 9.17) is 0 Å². The number of aliphatic carboxylic acids is 1. The van der Waals surface area contributed by atoms with Gasteiger partial charge < -0.3 is 10.4 Å². The van der Waals surface area contributed by atoms with Crippen LogP contribution in [0.2, 0.25) is 0 Å². The second-order valence-electron chi connectivity index (χ2n) is 4.66. The number of amides is 1. The summed E-state index contributed by atoms with van der Waals surface area (Å²) in [7, 11) is 0. The van der Waals surface area contributed by atoms with Gasteiger partial charge in [0.25, 0.3) is 0 Å². The number of nitrogens with zero attached hydrogens (tertiary/aromatic N) is 2. The van der Waals surface area contributed by atoms with E-state index in [2.05, 4.69) is 14.7 Å². The molecule has 98 valence electrons. The molecule has 18 heavy (non-hydrogen) atoms. The summed E-state index contributed by atoms with van der Waals surface area (Å²) in [5.74, 6) is -0.567. The fraction of sp³-hybridized carbons (Fsp3) is 0.636. The van der Waals surface area contributed by atoms with Gasteiger partial charge in [0.15, 0.2) is 0 Å². The fourth-order valence-corrected chi connectivity index (χ4v) is 2.93. The van der Waals surface area contributed by atoms with Gasteiger partial charge in [-0.2, -0.15) is 4.37 Å². The standard InChI is InChI=1S/C11H15N3O3S/c1-7-12-10(18-14-7)13-8(15)6-11(9(16)17)4-2-3-5-11/h2-6H2,1H3,(H,16,17)(H,12,13,14,15). The summed E-state index contributed by atoms with van der Waals surface area (Å²) < 4.78 is 3.95. The SMILES string of the molecule is Cc1nsc(NC(=O)CC2(C(=O)O)CCCC2)n1. The Morgan fingerprint density at radius 3 is 2.61 bits per heavy atom. The van der Waals surface area contributed by atoms with E-state index in [1.807, 2.05) is 0 Å². The number of carboxylic acids is 1. The molecule has 7 heteroatoms. The number of aryl methyl sites for hydroxylation is 1. The average molecular weight is 269 g/mol. The van der Waals surface area contributed by atoms with Gasteiger partial charge in [-0.25, -0.2) is 4.98 Å². The Labute approximate surface area is 109 Å². The van der Waals surface area contributed by atoms with Crippen LogP contribution in [0.3, 0.4) is 0 Å². The van der Waals surface area contributed by atoms with Crippen LogP contribution in [-0.4, -0.2) is 26.3 Å². The number of carboxylic acid groups (broad SMARTS) is 1. The Morgan fingerprint density at radius 2 is 2.11 bits per heavy atom. The van der Waals surface area contributed by atoms with Crippen LogP contribution in [0.5, 0.6) is 0 Å². The van der Waals surface area contributed by atoms with Crippen molar-refractivity contribution >= 4 is 28.5 Å². The van der Waals surface area contributed by atoms with Crippen LogP contribution in [0.1, 0.15) is 37.9 Å². The Bertz CT molecular complexity index is 466. The first-order valence-electron chi connectivity index (χ1n) is 5.85. The zero-order chi connectivity index (χ0) is 13.2. The lowest BCUT2D eigenvalue weighted by Crippen LogP contribution is -2.32. The molecular weight excluding hydrogens is 254 g/mol. The van der Waals surface area contributed by atoms with Gasteiger partial charge in [-0.05, 0) is 19.8 Å². The number of carbonyl (C=O) groups is 2. The summed E-state index contributed by atoms with van der Waals surface area (Å²) in [5, 5.41) is 12.3. The van der Waals surface area contributed by atoms with Crippen molar-refractivity contribution in [3.05, 3.63) is 5.82 Å². The van der Waals surface area contributed by atoms with Gasteiger partial charge in [0, 0.05) is 18.0 Å². The molecule has 1 heterocycles. The first-order chi connectivity index (χ1) is 8.52. The Balaban J connectivity index is 1.99. The smallest absolute Gasteiger partial charge is 0.310 e. The lowest BCUT2D eigenvalue weighted by atomic mass is 9.82. The van der Waals surface area contributed by atoms with Gasteiger partial charge in [-0.15, -0.1) is 0 Å². The number of hydrogen-bond donors (Lipinski definition) is 2. The molecule has 1 fully saturated rings. The van der Waals surface area contributed by atoms with Crippen LogP contribution < -0.4 is 5.32 Å². The summed E-state index contributed by atoms with van der Waals surface area (Å²) in [6.07, 6.45) is 2.91. The van der Waals surface area contributed by atoms with Crippen molar-refractivity contribution in [2.24, 2.45) is 5.41 Å². The number of anilines is 1. The van der Waals surface area contributed by atoms with E-state index in [0.29, 0.717) is 23.8 Å². The zero-order valence-electron chi connectivity index (χ0n) is 10.1. The minimum absolute atomic E-state index is 0.0148. The summed E-state index contributed by atoms with van der Waals surface area (Å²) in [6, 6.07) is 0. The van der Waals surface area contributed by atoms with Crippen LogP contribution in [-0.2, 0) is 9.59 Å². The molecule has 2 rings (SSSR count). The third kappa shape index (κ3) is 2.66. The van der Waals surface area contributed by atoms with Gasteiger partial charge in [-0.3, -0.25) is 9.59 Å². The topological polar surface area (TPSA) is 92.2 Å². The molecule has 1 amide bonds. The number of carbonyl (C=O) groups excluding carboxylic acids is 1. The van der Waals surface area contributed by atoms with Crippen molar-refractivity contribution in [3.8, 4) is 0 Å². The molecule has 0 atom stereocenters. The summed E-state index contributed by atoms with van der Waals surface area (Å²) >= 11 is 1.10. The van der Waals surface area contributed by atoms with Crippen molar-refractivity contribution in [3.63, 3.8) is 0 Å². The second-order valence-corrected chi connectivity index (χ2v) is 5.42. The highest BCUT2D eigenvalue weighted by atomic mass is 32.1. The lowest BCUT2D eigenvalue weighted by Gasteiger charge is -2.22. The lowest BCUT2D eigenvalue weighted by molar-refractivity contribution is -0.150. The molecular formula is C11H15N3O3S. The molecule has 0 aromatic carbocycles. The molecule has 0 spiro atoms. The number of nitrogens with one attached hydrogen (secondary N) is 1. The highest BCUT2D eigenvalue weighted by molar-refractivity contribution is 7.09. The van der Waals surface area contributed by atoms with Crippen LogP contribution in [0.15, 0.2) is 0 Å². The van der Waals surface area contributed by atoms with E-state index >= 15 is 0 Å². The number of hydrogen-bond acceptors (Lipinski definition) is 5. The molecule has 0 unspecified atom stereocenters. The molecule has 6 nitrogen and oxygen atoms in total. The molecule has 1 aliphatic rings. The highest BCUT2D eigenvalue weighted by Crippen LogP contribution is 2.41. The average Bonchev–Trinajstić information content (AvgIpc) is 2.89. The first-order valence-corrected chi connectivity index (χ1v) is 6.63. The van der Waals surface area contributed by atoms with E-state index in [0.717, 1.165) is 24.4 Å². The zero-order valence-corrected chi connectivity index (χ0v) is 10.9. The number of rotatable bonds is 4. The molecule has 0 radical (unpaired) electrons. The molecule has 0 saturated heterocycles. The largest absolute Gasteiger partial charge is 0.481 e. The molecule has 0 bridgehead atoms. The van der Waals surface area contributed by atoms with Crippen LogP contribution in [0.25, 0.3) is 0 Å². The highest BCUT2D eigenvalue weighted by Gasteiger charge is 2.43.